The van der Waals surface area contributed by atoms with Gasteiger partial charge in [0.2, 0.25) is 0 Å². The Kier molecular flexibility index (Phi) is 3.29. The molecule has 3 heteroatoms. The van der Waals surface area contributed by atoms with Crippen LogP contribution in [0.25, 0.3) is 10.8 Å². The van der Waals surface area contributed by atoms with Crippen molar-refractivity contribution in [2.24, 2.45) is 0 Å². The van der Waals surface area contributed by atoms with Crippen molar-refractivity contribution in [1.82, 2.24) is 0 Å². The van der Waals surface area contributed by atoms with Gasteiger partial charge in [-0.15, -0.1) is 11.6 Å². The van der Waals surface area contributed by atoms with Crippen molar-refractivity contribution in [1.29, 1.82) is 0 Å². The number of aromatic hydroxyl groups is 1. The molecular weight excluding hydrogens is 270 g/mol. The lowest BCUT2D eigenvalue weighted by Gasteiger charge is -2.18. The highest BCUT2D eigenvalue weighted by Gasteiger charge is 2.33. The third kappa shape index (κ3) is 1.86. The maximum absolute atomic E-state index is 10.3. The van der Waals surface area contributed by atoms with Crippen LogP contribution >= 0.6 is 11.6 Å². The zero-order valence-electron chi connectivity index (χ0n) is 12.2. The minimum absolute atomic E-state index is 0.131. The summed E-state index contributed by atoms with van der Waals surface area (Å²) in [4.78, 5) is 2.20. The van der Waals surface area contributed by atoms with Gasteiger partial charge in [0, 0.05) is 42.0 Å². The second-order valence-electron chi connectivity index (χ2n) is 5.74. The molecule has 0 saturated carbocycles. The lowest BCUT2D eigenvalue weighted by Crippen LogP contribution is -2.20. The largest absolute Gasteiger partial charge is 0.507 e. The van der Waals surface area contributed by atoms with E-state index in [1.807, 2.05) is 18.2 Å². The number of aryl methyl sites for hydroxylation is 1. The minimum atomic E-state index is 0.131. The standard InChI is InChI=1S/C17H20ClNO/c1-4-13(18)12-9-19(3)14-8-15(20)11-7-5-6-10(2)16(11)17(12)14/h5-8,12-13,20H,4,9H2,1-3H3/t12-,13+/m0/s1. The summed E-state index contributed by atoms with van der Waals surface area (Å²) >= 11 is 6.57. The average Bonchev–Trinajstić information content (AvgIpc) is 2.76. The predicted molar refractivity (Wildman–Crippen MR) is 86.3 cm³/mol. The maximum Gasteiger partial charge on any atom is 0.125 e. The van der Waals surface area contributed by atoms with Crippen molar-refractivity contribution in [2.45, 2.75) is 31.6 Å². The molecule has 0 radical (unpaired) electrons. The van der Waals surface area contributed by atoms with Gasteiger partial charge in [-0.2, -0.15) is 0 Å². The van der Waals surface area contributed by atoms with Gasteiger partial charge in [0.25, 0.3) is 0 Å². The van der Waals surface area contributed by atoms with Gasteiger partial charge < -0.3 is 10.0 Å². The van der Waals surface area contributed by atoms with Crippen LogP contribution in [0.4, 0.5) is 5.69 Å². The van der Waals surface area contributed by atoms with E-state index in [0.29, 0.717) is 11.7 Å². The first-order chi connectivity index (χ1) is 9.54. The highest BCUT2D eigenvalue weighted by molar-refractivity contribution is 6.21. The number of alkyl halides is 1. The number of nitrogens with zero attached hydrogens (tertiary/aromatic N) is 1. The molecule has 0 unspecified atom stereocenters. The Balaban J connectivity index is 2.35. The van der Waals surface area contributed by atoms with Crippen molar-refractivity contribution in [3.63, 3.8) is 0 Å². The van der Waals surface area contributed by atoms with Crippen LogP contribution in [0.3, 0.4) is 0 Å². The number of phenols is 1. The van der Waals surface area contributed by atoms with Crippen molar-refractivity contribution in [3.8, 4) is 5.75 Å². The Labute approximate surface area is 125 Å². The molecule has 0 aliphatic carbocycles. The Morgan fingerprint density at radius 2 is 2.20 bits per heavy atom. The zero-order chi connectivity index (χ0) is 14.4. The van der Waals surface area contributed by atoms with Crippen LogP contribution in [0.15, 0.2) is 24.3 Å². The summed E-state index contributed by atoms with van der Waals surface area (Å²) in [6.07, 6.45) is 0.952. The van der Waals surface area contributed by atoms with E-state index in [1.165, 1.54) is 16.5 Å². The molecule has 20 heavy (non-hydrogen) atoms. The van der Waals surface area contributed by atoms with Crippen LogP contribution in [0, 0.1) is 6.92 Å². The molecule has 1 heterocycles. The van der Waals surface area contributed by atoms with Gasteiger partial charge in [-0.3, -0.25) is 0 Å². The fourth-order valence-electron chi connectivity index (χ4n) is 3.41. The normalized spacial score (nSPS) is 19.4. The average molecular weight is 290 g/mol. The van der Waals surface area contributed by atoms with E-state index in [9.17, 15) is 5.11 Å². The number of benzene rings is 2. The summed E-state index contributed by atoms with van der Waals surface area (Å²) in [6.45, 7) is 5.15. The van der Waals surface area contributed by atoms with Crippen LogP contribution in [0.2, 0.25) is 0 Å². The smallest absolute Gasteiger partial charge is 0.125 e. The second kappa shape index (κ2) is 4.85. The van der Waals surface area contributed by atoms with Crippen molar-refractivity contribution < 1.29 is 5.11 Å². The lowest BCUT2D eigenvalue weighted by molar-refractivity contribution is 0.481. The molecule has 2 aromatic rings. The predicted octanol–water partition coefficient (Wildman–Crippen LogP) is 4.40. The van der Waals surface area contributed by atoms with Gasteiger partial charge in [0.15, 0.2) is 0 Å². The van der Waals surface area contributed by atoms with E-state index in [4.69, 9.17) is 11.6 Å². The quantitative estimate of drug-likeness (QED) is 0.828. The molecular formula is C17H20ClNO. The van der Waals surface area contributed by atoms with E-state index >= 15 is 0 Å². The number of phenolic OH excluding ortho intramolecular Hbond substituents is 1. The van der Waals surface area contributed by atoms with E-state index < -0.39 is 0 Å². The maximum atomic E-state index is 10.3. The molecule has 3 rings (SSSR count). The molecule has 1 N–H and O–H groups in total. The first kappa shape index (κ1) is 13.6. The number of likely N-dealkylation sites (N-methyl/N-ethyl adjacent to an activating group) is 1. The molecule has 0 aromatic heterocycles. The second-order valence-corrected chi connectivity index (χ2v) is 6.30. The molecule has 0 amide bonds. The molecule has 106 valence electrons. The van der Waals surface area contributed by atoms with Crippen LogP contribution in [-0.2, 0) is 0 Å². The van der Waals surface area contributed by atoms with E-state index in [2.05, 4.69) is 31.9 Å². The Hall–Kier alpha value is -1.41. The first-order valence-corrected chi connectivity index (χ1v) is 7.58. The lowest BCUT2D eigenvalue weighted by atomic mass is 9.89. The molecule has 0 spiro atoms. The Morgan fingerprint density at radius 3 is 2.90 bits per heavy atom. The summed E-state index contributed by atoms with van der Waals surface area (Å²) in [7, 11) is 2.07. The summed E-state index contributed by atoms with van der Waals surface area (Å²) in [6, 6.07) is 7.97. The fraction of sp³-hybridized carbons (Fsp3) is 0.412. The van der Waals surface area contributed by atoms with Gasteiger partial charge in [-0.05, 0) is 29.9 Å². The van der Waals surface area contributed by atoms with E-state index in [-0.39, 0.29) is 5.38 Å². The molecule has 1 aliphatic rings. The Bertz CT molecular complexity index is 668. The van der Waals surface area contributed by atoms with Gasteiger partial charge in [0.05, 0.1) is 0 Å². The SMILES string of the molecule is CC[C@@H](Cl)[C@@H]1CN(C)c2cc(O)c3cccc(C)c3c21. The molecule has 0 bridgehead atoms. The summed E-state index contributed by atoms with van der Waals surface area (Å²) in [5.41, 5.74) is 3.63. The summed E-state index contributed by atoms with van der Waals surface area (Å²) < 4.78 is 0. The molecule has 0 fully saturated rings. The number of fused-ring (bicyclic) bond motifs is 3. The van der Waals surface area contributed by atoms with Crippen molar-refractivity contribution in [3.05, 3.63) is 35.4 Å². The van der Waals surface area contributed by atoms with Crippen molar-refractivity contribution >= 4 is 28.1 Å². The molecule has 2 nitrogen and oxygen atoms in total. The summed E-state index contributed by atoms with van der Waals surface area (Å²) in [5, 5.41) is 12.5. The van der Waals surface area contributed by atoms with Crippen LogP contribution in [-0.4, -0.2) is 24.1 Å². The summed E-state index contributed by atoms with van der Waals surface area (Å²) in [5.74, 6) is 0.684. The first-order valence-electron chi connectivity index (χ1n) is 7.15. The topological polar surface area (TPSA) is 23.5 Å². The van der Waals surface area contributed by atoms with Crippen molar-refractivity contribution in [2.75, 3.05) is 18.5 Å². The third-order valence-corrected chi connectivity index (χ3v) is 5.06. The molecule has 2 aromatic carbocycles. The minimum Gasteiger partial charge on any atom is -0.507 e. The number of hydrogen-bond acceptors (Lipinski definition) is 2. The van der Waals surface area contributed by atoms with E-state index in [1.54, 1.807) is 0 Å². The van der Waals surface area contributed by atoms with Gasteiger partial charge in [-0.1, -0.05) is 25.1 Å². The van der Waals surface area contributed by atoms with Crippen LogP contribution in [0.1, 0.15) is 30.4 Å². The number of halogens is 1. The Morgan fingerprint density at radius 1 is 1.45 bits per heavy atom. The third-order valence-electron chi connectivity index (χ3n) is 4.45. The molecule has 1 aliphatic heterocycles. The van der Waals surface area contributed by atoms with Gasteiger partial charge in [0.1, 0.15) is 5.75 Å². The van der Waals surface area contributed by atoms with Crippen LogP contribution in [0.5, 0.6) is 5.75 Å². The monoisotopic (exact) mass is 289 g/mol. The van der Waals surface area contributed by atoms with E-state index in [0.717, 1.165) is 24.0 Å². The van der Waals surface area contributed by atoms with Gasteiger partial charge in [-0.25, -0.2) is 0 Å². The highest BCUT2D eigenvalue weighted by Crippen LogP contribution is 2.47. The number of anilines is 1. The number of rotatable bonds is 2. The fourth-order valence-corrected chi connectivity index (χ4v) is 3.61. The van der Waals surface area contributed by atoms with Gasteiger partial charge >= 0.3 is 0 Å². The van der Waals surface area contributed by atoms with Crippen LogP contribution < -0.4 is 4.90 Å². The highest BCUT2D eigenvalue weighted by atomic mass is 35.5. The molecule has 2 atom stereocenters. The molecule has 0 saturated heterocycles. The zero-order valence-corrected chi connectivity index (χ0v) is 12.9. The number of hydrogen-bond donors (Lipinski definition) is 1.